The highest BCUT2D eigenvalue weighted by molar-refractivity contribution is 6.29. The molecule has 120 valence electrons. The van der Waals surface area contributed by atoms with E-state index in [0.717, 1.165) is 16.9 Å². The van der Waals surface area contributed by atoms with Crippen LogP contribution in [0.15, 0.2) is 60.4 Å². The van der Waals surface area contributed by atoms with Gasteiger partial charge in [0.1, 0.15) is 12.4 Å². The Labute approximate surface area is 141 Å². The molecule has 0 saturated heterocycles. The third kappa shape index (κ3) is 5.75. The van der Waals surface area contributed by atoms with Gasteiger partial charge >= 0.3 is 0 Å². The number of halogens is 1. The summed E-state index contributed by atoms with van der Waals surface area (Å²) >= 11 is 5.67. The lowest BCUT2D eigenvalue weighted by atomic mass is 10.2. The van der Waals surface area contributed by atoms with E-state index in [1.807, 2.05) is 36.4 Å². The monoisotopic (exact) mass is 330 g/mol. The van der Waals surface area contributed by atoms with E-state index in [4.69, 9.17) is 16.3 Å². The van der Waals surface area contributed by atoms with Gasteiger partial charge in [-0.1, -0.05) is 36.4 Å². The number of pyridine rings is 1. The van der Waals surface area contributed by atoms with E-state index < -0.39 is 0 Å². The molecule has 0 aliphatic heterocycles. The minimum atomic E-state index is 0.0209. The summed E-state index contributed by atoms with van der Waals surface area (Å²) in [4.78, 5) is 17.7. The zero-order valence-corrected chi connectivity index (χ0v) is 13.8. The summed E-state index contributed by atoms with van der Waals surface area (Å²) in [6.07, 6.45) is 3.49. The second-order valence-corrected chi connectivity index (χ2v) is 5.72. The molecule has 0 unspecified atom stereocenters. The number of nitrogens with zero attached hydrogens (tertiary/aromatic N) is 2. The van der Waals surface area contributed by atoms with Crippen molar-refractivity contribution < 1.29 is 9.53 Å². The van der Waals surface area contributed by atoms with Crippen molar-refractivity contribution in [3.63, 3.8) is 0 Å². The summed E-state index contributed by atoms with van der Waals surface area (Å²) in [5, 5.41) is 0.452. The molecule has 5 heteroatoms. The third-order valence-electron chi connectivity index (χ3n) is 3.23. The maximum atomic E-state index is 11.9. The average molecular weight is 331 g/mol. The number of ether oxygens (including phenoxy) is 1. The normalized spacial score (nSPS) is 10.2. The molecule has 0 N–H and O–H groups in total. The van der Waals surface area contributed by atoms with E-state index in [9.17, 15) is 4.79 Å². The Morgan fingerprint density at radius 1 is 1.22 bits per heavy atom. The molecule has 0 fully saturated rings. The largest absolute Gasteiger partial charge is 0.488 e. The van der Waals surface area contributed by atoms with Crippen molar-refractivity contribution in [1.82, 2.24) is 9.88 Å². The van der Waals surface area contributed by atoms with Gasteiger partial charge in [0, 0.05) is 37.4 Å². The van der Waals surface area contributed by atoms with Crippen molar-refractivity contribution in [2.24, 2.45) is 0 Å². The Hall–Kier alpha value is -2.33. The second kappa shape index (κ2) is 8.34. The van der Waals surface area contributed by atoms with Crippen molar-refractivity contribution in [3.8, 4) is 5.75 Å². The first kappa shape index (κ1) is 17.0. The van der Waals surface area contributed by atoms with Crippen LogP contribution in [0, 0.1) is 0 Å². The molecule has 0 spiro atoms. The Morgan fingerprint density at radius 3 is 2.48 bits per heavy atom. The number of aromatic nitrogens is 1. The molecule has 0 aliphatic carbocycles. The van der Waals surface area contributed by atoms with E-state index in [1.165, 1.54) is 0 Å². The Morgan fingerprint density at radius 2 is 1.91 bits per heavy atom. The minimum absolute atomic E-state index is 0.0209. The predicted octanol–water partition coefficient (Wildman–Crippen LogP) is 3.76. The SMILES string of the molecule is C=C(Cl)COc1ccc(CN(Cc2cccnc2)C(C)=O)cc1. The molecule has 2 rings (SSSR count). The maximum absolute atomic E-state index is 11.9. The van der Waals surface area contributed by atoms with E-state index in [0.29, 0.717) is 18.1 Å². The Bertz CT molecular complexity index is 656. The molecule has 0 aliphatic rings. The molecule has 23 heavy (non-hydrogen) atoms. The number of hydrogen-bond acceptors (Lipinski definition) is 3. The zero-order valence-electron chi connectivity index (χ0n) is 13.0. The molecule has 1 aromatic heterocycles. The molecule has 0 atom stereocenters. The lowest BCUT2D eigenvalue weighted by molar-refractivity contribution is -0.130. The van der Waals surface area contributed by atoms with Gasteiger partial charge in [-0.15, -0.1) is 0 Å². The van der Waals surface area contributed by atoms with E-state index in [1.54, 1.807) is 24.2 Å². The molecular formula is C18H19ClN2O2. The van der Waals surface area contributed by atoms with Gasteiger partial charge in [0.05, 0.1) is 0 Å². The number of rotatable bonds is 7. The number of amides is 1. The topological polar surface area (TPSA) is 42.4 Å². The molecule has 0 radical (unpaired) electrons. The highest BCUT2D eigenvalue weighted by Gasteiger charge is 2.10. The first-order valence-electron chi connectivity index (χ1n) is 7.24. The van der Waals surface area contributed by atoms with Gasteiger partial charge in [0.2, 0.25) is 5.91 Å². The summed E-state index contributed by atoms with van der Waals surface area (Å²) < 4.78 is 5.45. The molecule has 1 heterocycles. The van der Waals surface area contributed by atoms with Crippen LogP contribution in [0.1, 0.15) is 18.1 Å². The molecule has 0 saturated carbocycles. The summed E-state index contributed by atoms with van der Waals surface area (Å²) in [5.41, 5.74) is 2.03. The van der Waals surface area contributed by atoms with E-state index in [2.05, 4.69) is 11.6 Å². The second-order valence-electron chi connectivity index (χ2n) is 5.19. The van der Waals surface area contributed by atoms with Crippen LogP contribution in [0.25, 0.3) is 0 Å². The molecule has 0 bridgehead atoms. The lowest BCUT2D eigenvalue weighted by Gasteiger charge is -2.21. The highest BCUT2D eigenvalue weighted by atomic mass is 35.5. The fourth-order valence-corrected chi connectivity index (χ4v) is 2.12. The van der Waals surface area contributed by atoms with Gasteiger partial charge in [-0.25, -0.2) is 0 Å². The number of carbonyl (C=O) groups is 1. The molecule has 4 nitrogen and oxygen atoms in total. The van der Waals surface area contributed by atoms with E-state index >= 15 is 0 Å². The van der Waals surface area contributed by atoms with Crippen LogP contribution >= 0.6 is 11.6 Å². The quantitative estimate of drug-likeness (QED) is 0.776. The molecule has 1 amide bonds. The highest BCUT2D eigenvalue weighted by Crippen LogP contribution is 2.16. The van der Waals surface area contributed by atoms with Crippen LogP contribution in [0.2, 0.25) is 0 Å². The van der Waals surface area contributed by atoms with Crippen molar-refractivity contribution in [2.45, 2.75) is 20.0 Å². The van der Waals surface area contributed by atoms with Crippen LogP contribution in [0.4, 0.5) is 0 Å². The molecule has 2 aromatic rings. The van der Waals surface area contributed by atoms with Crippen LogP contribution in [0.5, 0.6) is 5.75 Å². The predicted molar refractivity (Wildman–Crippen MR) is 91.1 cm³/mol. The summed E-state index contributed by atoms with van der Waals surface area (Å²) in [5.74, 6) is 0.741. The van der Waals surface area contributed by atoms with Crippen LogP contribution in [-0.2, 0) is 17.9 Å². The van der Waals surface area contributed by atoms with Gasteiger partial charge in [-0.3, -0.25) is 9.78 Å². The standard InChI is InChI=1S/C18H19ClN2O2/c1-14(19)13-23-18-7-5-16(6-8-18)11-21(15(2)22)12-17-4-3-9-20-10-17/h3-10H,1,11-13H2,2H3. The van der Waals surface area contributed by atoms with Gasteiger partial charge in [-0.05, 0) is 29.3 Å². The fourth-order valence-electron chi connectivity index (χ4n) is 2.06. The van der Waals surface area contributed by atoms with Gasteiger partial charge in [0.25, 0.3) is 0 Å². The van der Waals surface area contributed by atoms with Crippen molar-refractivity contribution in [3.05, 3.63) is 71.5 Å². The summed E-state index contributed by atoms with van der Waals surface area (Å²) in [6, 6.07) is 11.4. The number of carbonyl (C=O) groups excluding carboxylic acids is 1. The molecular weight excluding hydrogens is 312 g/mol. The van der Waals surface area contributed by atoms with Gasteiger partial charge in [-0.2, -0.15) is 0 Å². The summed E-state index contributed by atoms with van der Waals surface area (Å²) in [6.45, 7) is 6.50. The summed E-state index contributed by atoms with van der Waals surface area (Å²) in [7, 11) is 0. The van der Waals surface area contributed by atoms with Crippen molar-refractivity contribution in [1.29, 1.82) is 0 Å². The minimum Gasteiger partial charge on any atom is -0.488 e. The van der Waals surface area contributed by atoms with Gasteiger partial charge < -0.3 is 9.64 Å². The Balaban J connectivity index is 1.99. The third-order valence-corrected chi connectivity index (χ3v) is 3.34. The van der Waals surface area contributed by atoms with Gasteiger partial charge in [0.15, 0.2) is 0 Å². The van der Waals surface area contributed by atoms with Crippen LogP contribution in [-0.4, -0.2) is 22.4 Å². The Kier molecular flexibility index (Phi) is 6.18. The van der Waals surface area contributed by atoms with Crippen LogP contribution < -0.4 is 4.74 Å². The fraction of sp³-hybridized carbons (Fsp3) is 0.222. The number of hydrogen-bond donors (Lipinski definition) is 0. The molecule has 1 aromatic carbocycles. The maximum Gasteiger partial charge on any atom is 0.220 e. The smallest absolute Gasteiger partial charge is 0.220 e. The van der Waals surface area contributed by atoms with Crippen molar-refractivity contribution >= 4 is 17.5 Å². The first-order chi connectivity index (χ1) is 11.0. The van der Waals surface area contributed by atoms with E-state index in [-0.39, 0.29) is 12.5 Å². The number of benzene rings is 1. The first-order valence-corrected chi connectivity index (χ1v) is 7.62. The zero-order chi connectivity index (χ0) is 16.7. The van der Waals surface area contributed by atoms with Crippen LogP contribution in [0.3, 0.4) is 0 Å². The van der Waals surface area contributed by atoms with Crippen molar-refractivity contribution in [2.75, 3.05) is 6.61 Å². The average Bonchev–Trinajstić information content (AvgIpc) is 2.54. The lowest BCUT2D eigenvalue weighted by Crippen LogP contribution is -2.27.